The zero-order valence-electron chi connectivity index (χ0n) is 17.9. The lowest BCUT2D eigenvalue weighted by atomic mass is 9.84. The number of benzene rings is 3. The summed E-state index contributed by atoms with van der Waals surface area (Å²) >= 11 is 0. The van der Waals surface area contributed by atoms with Crippen LogP contribution in [0.1, 0.15) is 55.5 Å². The molecule has 7 heteroatoms. The van der Waals surface area contributed by atoms with Crippen LogP contribution < -0.4 is 10.1 Å². The normalized spacial score (nSPS) is 11.9. The lowest BCUT2D eigenvalue weighted by Crippen LogP contribution is -2.23. The standard InChI is InChI=1S/C26H21NO6/c1-2-13-32-18-10-7-16(8-11-18)26(31)33-15-23(28)27-17-9-12-21-22(14-17)25(30)20-6-4-3-5-19(20)24(21)29/h3-12,14H,2,13,15H2,1H3,(H,27,28). The van der Waals surface area contributed by atoms with Gasteiger partial charge in [0.2, 0.25) is 0 Å². The first kappa shape index (κ1) is 22.0. The third-order valence-electron chi connectivity index (χ3n) is 5.11. The Morgan fingerprint density at radius 2 is 1.45 bits per heavy atom. The van der Waals surface area contributed by atoms with Gasteiger partial charge in [0, 0.05) is 27.9 Å². The number of esters is 1. The molecule has 3 aromatic carbocycles. The summed E-state index contributed by atoms with van der Waals surface area (Å²) in [5.41, 5.74) is 1.83. The lowest BCUT2D eigenvalue weighted by Gasteiger charge is -2.18. The number of carbonyl (C=O) groups excluding carboxylic acids is 4. The van der Waals surface area contributed by atoms with Crippen molar-refractivity contribution in [1.82, 2.24) is 0 Å². The highest BCUT2D eigenvalue weighted by Crippen LogP contribution is 2.29. The van der Waals surface area contributed by atoms with Crippen molar-refractivity contribution >= 4 is 29.1 Å². The zero-order chi connectivity index (χ0) is 23.4. The molecule has 3 aromatic rings. The van der Waals surface area contributed by atoms with Gasteiger partial charge in [0.25, 0.3) is 5.91 Å². The van der Waals surface area contributed by atoms with Crippen molar-refractivity contribution in [3.05, 3.63) is 94.5 Å². The Morgan fingerprint density at radius 3 is 2.12 bits per heavy atom. The zero-order valence-corrected chi connectivity index (χ0v) is 17.9. The van der Waals surface area contributed by atoms with Gasteiger partial charge in [-0.25, -0.2) is 4.79 Å². The monoisotopic (exact) mass is 443 g/mol. The highest BCUT2D eigenvalue weighted by Gasteiger charge is 2.29. The summed E-state index contributed by atoms with van der Waals surface area (Å²) in [6, 6.07) is 17.6. The smallest absolute Gasteiger partial charge is 0.338 e. The van der Waals surface area contributed by atoms with Crippen molar-refractivity contribution in [2.75, 3.05) is 18.5 Å². The van der Waals surface area contributed by atoms with Crippen LogP contribution in [-0.2, 0) is 9.53 Å². The van der Waals surface area contributed by atoms with E-state index in [1.54, 1.807) is 48.5 Å². The predicted octanol–water partition coefficient (Wildman–Crippen LogP) is 4.05. The first-order valence-corrected chi connectivity index (χ1v) is 10.5. The highest BCUT2D eigenvalue weighted by atomic mass is 16.5. The molecular weight excluding hydrogens is 422 g/mol. The molecule has 0 atom stereocenters. The molecule has 0 bridgehead atoms. The van der Waals surface area contributed by atoms with Crippen molar-refractivity contribution in [3.8, 4) is 5.75 Å². The minimum absolute atomic E-state index is 0.221. The SMILES string of the molecule is CCCOc1ccc(C(=O)OCC(=O)Nc2ccc3c(c2)C(=O)c2ccccc2C3=O)cc1. The van der Waals surface area contributed by atoms with E-state index in [1.807, 2.05) is 6.92 Å². The van der Waals surface area contributed by atoms with Crippen molar-refractivity contribution in [2.45, 2.75) is 13.3 Å². The van der Waals surface area contributed by atoms with Gasteiger partial charge in [-0.15, -0.1) is 0 Å². The summed E-state index contributed by atoms with van der Waals surface area (Å²) in [6.07, 6.45) is 0.876. The molecule has 0 spiro atoms. The summed E-state index contributed by atoms with van der Waals surface area (Å²) in [4.78, 5) is 49.9. The molecule has 4 rings (SSSR count). The fraction of sp³-hybridized carbons (Fsp3) is 0.154. The highest BCUT2D eigenvalue weighted by molar-refractivity contribution is 6.28. The third-order valence-corrected chi connectivity index (χ3v) is 5.11. The van der Waals surface area contributed by atoms with Crippen LogP contribution in [0.5, 0.6) is 5.75 Å². The Morgan fingerprint density at radius 1 is 0.818 bits per heavy atom. The molecule has 166 valence electrons. The third kappa shape index (κ3) is 4.67. The Bertz CT molecular complexity index is 1250. The van der Waals surface area contributed by atoms with E-state index in [1.165, 1.54) is 18.2 Å². The molecule has 0 aliphatic heterocycles. The maximum absolute atomic E-state index is 12.8. The minimum atomic E-state index is -0.644. The summed E-state index contributed by atoms with van der Waals surface area (Å²) in [6.45, 7) is 2.08. The minimum Gasteiger partial charge on any atom is -0.494 e. The number of carbonyl (C=O) groups is 4. The van der Waals surface area contributed by atoms with Crippen molar-refractivity contribution in [1.29, 1.82) is 0 Å². The Hall–Kier alpha value is -4.26. The molecule has 33 heavy (non-hydrogen) atoms. The summed E-state index contributed by atoms with van der Waals surface area (Å²) in [5, 5.41) is 2.59. The molecule has 0 saturated heterocycles. The molecule has 1 amide bonds. The maximum Gasteiger partial charge on any atom is 0.338 e. The largest absolute Gasteiger partial charge is 0.494 e. The van der Waals surface area contributed by atoms with E-state index in [2.05, 4.69) is 5.32 Å². The van der Waals surface area contributed by atoms with Gasteiger partial charge in [-0.05, 0) is 48.9 Å². The van der Waals surface area contributed by atoms with Crippen LogP contribution in [-0.4, -0.2) is 36.7 Å². The lowest BCUT2D eigenvalue weighted by molar-refractivity contribution is -0.119. The van der Waals surface area contributed by atoms with Gasteiger partial charge in [0.15, 0.2) is 18.2 Å². The number of ether oxygens (including phenoxy) is 2. The molecule has 1 aliphatic carbocycles. The number of amides is 1. The number of anilines is 1. The number of rotatable bonds is 7. The second-order valence-electron chi connectivity index (χ2n) is 7.46. The van der Waals surface area contributed by atoms with Crippen LogP contribution in [0, 0.1) is 0 Å². The van der Waals surface area contributed by atoms with Gasteiger partial charge in [0.1, 0.15) is 5.75 Å². The number of nitrogens with one attached hydrogen (secondary N) is 1. The van der Waals surface area contributed by atoms with Crippen molar-refractivity contribution in [3.63, 3.8) is 0 Å². The van der Waals surface area contributed by atoms with Gasteiger partial charge >= 0.3 is 5.97 Å². The second-order valence-corrected chi connectivity index (χ2v) is 7.46. The first-order chi connectivity index (χ1) is 16.0. The van der Waals surface area contributed by atoms with E-state index in [-0.39, 0.29) is 22.7 Å². The average molecular weight is 443 g/mol. The van der Waals surface area contributed by atoms with Crippen LogP contribution in [0.15, 0.2) is 66.7 Å². The summed E-state index contributed by atoms with van der Waals surface area (Å²) in [5.74, 6) is -1.09. The van der Waals surface area contributed by atoms with E-state index >= 15 is 0 Å². The van der Waals surface area contributed by atoms with E-state index in [0.29, 0.717) is 34.7 Å². The van der Waals surface area contributed by atoms with Gasteiger partial charge in [-0.1, -0.05) is 31.2 Å². The van der Waals surface area contributed by atoms with Crippen LogP contribution in [0.2, 0.25) is 0 Å². The Balaban J connectivity index is 1.38. The van der Waals surface area contributed by atoms with Crippen LogP contribution in [0.25, 0.3) is 0 Å². The summed E-state index contributed by atoms with van der Waals surface area (Å²) in [7, 11) is 0. The molecule has 0 unspecified atom stereocenters. The van der Waals surface area contributed by atoms with Gasteiger partial charge < -0.3 is 14.8 Å². The quantitative estimate of drug-likeness (QED) is 0.433. The van der Waals surface area contributed by atoms with Crippen LogP contribution >= 0.6 is 0 Å². The van der Waals surface area contributed by atoms with Crippen molar-refractivity contribution in [2.24, 2.45) is 0 Å². The number of ketones is 2. The van der Waals surface area contributed by atoms with Gasteiger partial charge in [0.05, 0.1) is 12.2 Å². The molecule has 1 N–H and O–H groups in total. The molecule has 0 radical (unpaired) electrons. The van der Waals surface area contributed by atoms with E-state index < -0.39 is 18.5 Å². The van der Waals surface area contributed by atoms with E-state index in [4.69, 9.17) is 9.47 Å². The molecule has 7 nitrogen and oxygen atoms in total. The number of hydrogen-bond donors (Lipinski definition) is 1. The van der Waals surface area contributed by atoms with Crippen LogP contribution in [0.4, 0.5) is 5.69 Å². The Labute approximate surface area is 190 Å². The molecule has 0 saturated carbocycles. The van der Waals surface area contributed by atoms with Gasteiger partial charge in [-0.2, -0.15) is 0 Å². The first-order valence-electron chi connectivity index (χ1n) is 10.5. The second kappa shape index (κ2) is 9.48. The molecule has 0 aromatic heterocycles. The summed E-state index contributed by atoms with van der Waals surface area (Å²) < 4.78 is 10.5. The van der Waals surface area contributed by atoms with Gasteiger partial charge in [-0.3, -0.25) is 14.4 Å². The fourth-order valence-electron chi connectivity index (χ4n) is 3.50. The van der Waals surface area contributed by atoms with E-state index in [0.717, 1.165) is 6.42 Å². The average Bonchev–Trinajstić information content (AvgIpc) is 2.85. The van der Waals surface area contributed by atoms with Crippen LogP contribution in [0.3, 0.4) is 0 Å². The Kier molecular flexibility index (Phi) is 6.31. The fourth-order valence-corrected chi connectivity index (χ4v) is 3.50. The predicted molar refractivity (Wildman–Crippen MR) is 121 cm³/mol. The molecule has 0 heterocycles. The number of hydrogen-bond acceptors (Lipinski definition) is 6. The van der Waals surface area contributed by atoms with Crippen molar-refractivity contribution < 1.29 is 28.7 Å². The van der Waals surface area contributed by atoms with E-state index in [9.17, 15) is 19.2 Å². The topological polar surface area (TPSA) is 98.8 Å². The molecular formula is C26H21NO6. The number of fused-ring (bicyclic) bond motifs is 2. The maximum atomic E-state index is 12.8. The molecule has 0 fully saturated rings. The molecule has 1 aliphatic rings.